The zero-order valence-corrected chi connectivity index (χ0v) is 8.19. The molecular formula is C7H4BrF4NO. The maximum absolute atomic E-state index is 12.8. The average Bonchev–Trinajstić information content (AvgIpc) is 2.05. The van der Waals surface area contributed by atoms with Crippen LogP contribution in [0.25, 0.3) is 0 Å². The average molecular weight is 274 g/mol. The second-order valence-corrected chi connectivity index (χ2v) is 3.15. The number of ether oxygens (including phenoxy) is 1. The van der Waals surface area contributed by atoms with Gasteiger partial charge in [0.1, 0.15) is 4.60 Å². The molecular weight excluding hydrogens is 270 g/mol. The van der Waals surface area contributed by atoms with Crippen molar-refractivity contribution in [1.29, 1.82) is 0 Å². The molecule has 0 amide bonds. The van der Waals surface area contributed by atoms with E-state index in [1.165, 1.54) is 0 Å². The van der Waals surface area contributed by atoms with Gasteiger partial charge in [0.05, 0.1) is 6.20 Å². The summed E-state index contributed by atoms with van der Waals surface area (Å²) in [6, 6.07) is 1.03. The SMILES string of the molecule is Fc1cnc(Br)cc1OCC(F)(F)F. The largest absolute Gasteiger partial charge is 0.481 e. The number of alkyl halides is 3. The Labute approximate surface area is 85.0 Å². The Hall–Kier alpha value is -0.850. The number of pyridine rings is 1. The molecule has 0 saturated heterocycles. The summed E-state index contributed by atoms with van der Waals surface area (Å²) >= 11 is 2.88. The lowest BCUT2D eigenvalue weighted by atomic mass is 10.4. The second-order valence-electron chi connectivity index (χ2n) is 2.34. The molecule has 14 heavy (non-hydrogen) atoms. The summed E-state index contributed by atoms with van der Waals surface area (Å²) in [5.74, 6) is -1.42. The van der Waals surface area contributed by atoms with E-state index in [4.69, 9.17) is 0 Å². The lowest BCUT2D eigenvalue weighted by Crippen LogP contribution is -2.19. The van der Waals surface area contributed by atoms with Gasteiger partial charge in [-0.2, -0.15) is 13.2 Å². The highest BCUT2D eigenvalue weighted by molar-refractivity contribution is 9.10. The number of nitrogens with zero attached hydrogens (tertiary/aromatic N) is 1. The van der Waals surface area contributed by atoms with E-state index in [1.807, 2.05) is 0 Å². The lowest BCUT2D eigenvalue weighted by molar-refractivity contribution is -0.153. The molecule has 0 saturated carbocycles. The van der Waals surface area contributed by atoms with E-state index in [9.17, 15) is 17.6 Å². The van der Waals surface area contributed by atoms with E-state index in [0.717, 1.165) is 12.3 Å². The fraction of sp³-hybridized carbons (Fsp3) is 0.286. The van der Waals surface area contributed by atoms with Crippen molar-refractivity contribution in [2.45, 2.75) is 6.18 Å². The van der Waals surface area contributed by atoms with Crippen LogP contribution in [0.3, 0.4) is 0 Å². The monoisotopic (exact) mass is 273 g/mol. The highest BCUT2D eigenvalue weighted by Crippen LogP contribution is 2.22. The number of hydrogen-bond acceptors (Lipinski definition) is 2. The minimum atomic E-state index is -4.48. The normalized spacial score (nSPS) is 11.5. The van der Waals surface area contributed by atoms with Gasteiger partial charge in [-0.25, -0.2) is 9.37 Å². The molecule has 1 rings (SSSR count). The van der Waals surface area contributed by atoms with Crippen molar-refractivity contribution in [1.82, 2.24) is 4.98 Å². The second kappa shape index (κ2) is 4.12. The Kier molecular flexibility index (Phi) is 3.30. The van der Waals surface area contributed by atoms with E-state index < -0.39 is 24.3 Å². The van der Waals surface area contributed by atoms with Crippen LogP contribution >= 0.6 is 15.9 Å². The van der Waals surface area contributed by atoms with Crippen LogP contribution in [0.1, 0.15) is 0 Å². The van der Waals surface area contributed by atoms with Crippen molar-refractivity contribution in [3.8, 4) is 5.75 Å². The first kappa shape index (κ1) is 11.2. The Morgan fingerprint density at radius 2 is 2.07 bits per heavy atom. The quantitative estimate of drug-likeness (QED) is 0.611. The maximum atomic E-state index is 12.8. The van der Waals surface area contributed by atoms with Gasteiger partial charge < -0.3 is 4.74 Å². The van der Waals surface area contributed by atoms with Gasteiger partial charge in [0.2, 0.25) is 0 Å². The molecule has 0 aliphatic carbocycles. The summed E-state index contributed by atoms with van der Waals surface area (Å²) in [6.07, 6.45) is -3.71. The Morgan fingerprint density at radius 3 is 2.64 bits per heavy atom. The maximum Gasteiger partial charge on any atom is 0.422 e. The molecule has 78 valence electrons. The van der Waals surface area contributed by atoms with Crippen LogP contribution in [-0.2, 0) is 0 Å². The van der Waals surface area contributed by atoms with E-state index in [1.54, 1.807) is 0 Å². The van der Waals surface area contributed by atoms with Gasteiger partial charge in [-0.15, -0.1) is 0 Å². The fourth-order valence-corrected chi connectivity index (χ4v) is 0.977. The van der Waals surface area contributed by atoms with E-state index in [-0.39, 0.29) is 4.60 Å². The molecule has 0 aromatic carbocycles. The third-order valence-corrected chi connectivity index (χ3v) is 1.61. The molecule has 0 spiro atoms. The lowest BCUT2D eigenvalue weighted by Gasteiger charge is -2.09. The van der Waals surface area contributed by atoms with Crippen LogP contribution in [0.2, 0.25) is 0 Å². The zero-order valence-electron chi connectivity index (χ0n) is 6.61. The minimum Gasteiger partial charge on any atom is -0.481 e. The Bertz CT molecular complexity index is 328. The number of hydrogen-bond donors (Lipinski definition) is 0. The van der Waals surface area contributed by atoms with Gasteiger partial charge in [-0.3, -0.25) is 0 Å². The predicted octanol–water partition coefficient (Wildman–Crippen LogP) is 2.92. The van der Waals surface area contributed by atoms with Gasteiger partial charge in [0.25, 0.3) is 0 Å². The van der Waals surface area contributed by atoms with Crippen LogP contribution in [0.15, 0.2) is 16.9 Å². The Morgan fingerprint density at radius 1 is 1.43 bits per heavy atom. The molecule has 0 aliphatic rings. The van der Waals surface area contributed by atoms with Crippen LogP contribution < -0.4 is 4.74 Å². The first-order valence-electron chi connectivity index (χ1n) is 3.39. The molecule has 0 atom stereocenters. The molecule has 1 aromatic heterocycles. The summed E-state index contributed by atoms with van der Waals surface area (Å²) in [5, 5.41) is 0. The molecule has 2 nitrogen and oxygen atoms in total. The van der Waals surface area contributed by atoms with Crippen molar-refractivity contribution >= 4 is 15.9 Å². The molecule has 0 N–H and O–H groups in total. The Balaban J connectivity index is 2.72. The van der Waals surface area contributed by atoms with Crippen LogP contribution in [0, 0.1) is 5.82 Å². The predicted molar refractivity (Wildman–Crippen MR) is 43.4 cm³/mol. The fourth-order valence-electron chi connectivity index (χ4n) is 0.667. The van der Waals surface area contributed by atoms with E-state index in [2.05, 4.69) is 25.7 Å². The molecule has 0 fully saturated rings. The van der Waals surface area contributed by atoms with Gasteiger partial charge in [0, 0.05) is 6.07 Å². The standard InChI is InChI=1S/C7H4BrF4NO/c8-6-1-5(4(9)2-13-6)14-3-7(10,11)12/h1-2H,3H2. The van der Waals surface area contributed by atoms with Crippen molar-refractivity contribution in [3.63, 3.8) is 0 Å². The highest BCUT2D eigenvalue weighted by atomic mass is 79.9. The summed E-state index contributed by atoms with van der Waals surface area (Å²) < 4.78 is 52.3. The van der Waals surface area contributed by atoms with Gasteiger partial charge in [-0.05, 0) is 15.9 Å². The zero-order chi connectivity index (χ0) is 10.8. The van der Waals surface area contributed by atoms with Gasteiger partial charge in [0.15, 0.2) is 18.2 Å². The highest BCUT2D eigenvalue weighted by Gasteiger charge is 2.28. The first-order chi connectivity index (χ1) is 6.38. The molecule has 0 unspecified atom stereocenters. The molecule has 0 aliphatic heterocycles. The summed E-state index contributed by atoms with van der Waals surface area (Å²) in [6.45, 7) is -1.53. The smallest absolute Gasteiger partial charge is 0.422 e. The van der Waals surface area contributed by atoms with Crippen LogP contribution in [-0.4, -0.2) is 17.8 Å². The molecule has 1 aromatic rings. The van der Waals surface area contributed by atoms with Crippen molar-refractivity contribution in [2.24, 2.45) is 0 Å². The van der Waals surface area contributed by atoms with Crippen molar-refractivity contribution in [2.75, 3.05) is 6.61 Å². The number of halogens is 5. The first-order valence-corrected chi connectivity index (χ1v) is 4.18. The van der Waals surface area contributed by atoms with Crippen LogP contribution in [0.4, 0.5) is 17.6 Å². The summed E-state index contributed by atoms with van der Waals surface area (Å²) in [7, 11) is 0. The van der Waals surface area contributed by atoms with Crippen LogP contribution in [0.5, 0.6) is 5.75 Å². The topological polar surface area (TPSA) is 22.1 Å². The summed E-state index contributed by atoms with van der Waals surface area (Å²) in [5.41, 5.74) is 0. The molecule has 7 heteroatoms. The number of aromatic nitrogens is 1. The third kappa shape index (κ3) is 3.49. The van der Waals surface area contributed by atoms with Gasteiger partial charge in [-0.1, -0.05) is 0 Å². The minimum absolute atomic E-state index is 0.205. The van der Waals surface area contributed by atoms with Crippen molar-refractivity contribution < 1.29 is 22.3 Å². The van der Waals surface area contributed by atoms with Gasteiger partial charge >= 0.3 is 6.18 Å². The van der Waals surface area contributed by atoms with E-state index in [0.29, 0.717) is 0 Å². The molecule has 0 bridgehead atoms. The van der Waals surface area contributed by atoms with E-state index >= 15 is 0 Å². The molecule has 0 radical (unpaired) electrons. The molecule has 1 heterocycles. The summed E-state index contributed by atoms with van der Waals surface area (Å²) in [4.78, 5) is 3.46. The van der Waals surface area contributed by atoms with Crippen molar-refractivity contribution in [3.05, 3.63) is 22.7 Å². The number of rotatable bonds is 2. The third-order valence-electron chi connectivity index (χ3n) is 1.18.